The van der Waals surface area contributed by atoms with Crippen molar-refractivity contribution in [3.63, 3.8) is 0 Å². The van der Waals surface area contributed by atoms with Crippen molar-refractivity contribution in [2.45, 2.75) is 0 Å². The zero-order valence-corrected chi connectivity index (χ0v) is 10.2. The Morgan fingerprint density at radius 1 is 0.889 bits per heavy atom. The molecule has 0 aliphatic carbocycles. The fourth-order valence-electron chi connectivity index (χ4n) is 2.33. The van der Waals surface area contributed by atoms with Crippen molar-refractivity contribution in [3.05, 3.63) is 57.2 Å². The van der Waals surface area contributed by atoms with Crippen LogP contribution in [-0.2, 0) is 14.1 Å². The van der Waals surface area contributed by atoms with E-state index in [1.54, 1.807) is 43.2 Å². The first kappa shape index (κ1) is 10.8. The second kappa shape index (κ2) is 3.57. The van der Waals surface area contributed by atoms with E-state index < -0.39 is 0 Å². The summed E-state index contributed by atoms with van der Waals surface area (Å²) in [4.78, 5) is 24.8. The number of hydrogen-bond donors (Lipinski definition) is 0. The number of para-hydroxylation sites is 1. The van der Waals surface area contributed by atoms with Crippen LogP contribution >= 0.6 is 0 Å². The second-order valence-corrected chi connectivity index (χ2v) is 4.46. The highest BCUT2D eigenvalue weighted by atomic mass is 16.1. The number of hydrogen-bond acceptors (Lipinski definition) is 2. The molecular formula is C14H12N2O2. The molecule has 2 heterocycles. The summed E-state index contributed by atoms with van der Waals surface area (Å²) in [5.41, 5.74) is 0.411. The predicted octanol–water partition coefficient (Wildman–Crippen LogP) is 1.39. The summed E-state index contributed by atoms with van der Waals surface area (Å²) in [6.45, 7) is 0. The van der Waals surface area contributed by atoms with Crippen molar-refractivity contribution >= 4 is 21.7 Å². The van der Waals surface area contributed by atoms with Crippen LogP contribution in [0.3, 0.4) is 0 Å². The van der Waals surface area contributed by atoms with Crippen LogP contribution in [0.1, 0.15) is 0 Å². The molecule has 0 aliphatic rings. The third-order valence-electron chi connectivity index (χ3n) is 3.25. The molecule has 0 aliphatic heterocycles. The average molecular weight is 240 g/mol. The molecular weight excluding hydrogens is 228 g/mol. The molecule has 0 amide bonds. The van der Waals surface area contributed by atoms with Crippen LogP contribution in [-0.4, -0.2) is 9.13 Å². The van der Waals surface area contributed by atoms with Crippen LogP contribution in [0.4, 0.5) is 0 Å². The quantitative estimate of drug-likeness (QED) is 0.596. The Balaban J connectivity index is 2.82. The maximum absolute atomic E-state index is 12.4. The lowest BCUT2D eigenvalue weighted by atomic mass is 10.2. The van der Waals surface area contributed by atoms with Crippen molar-refractivity contribution in [1.82, 2.24) is 9.13 Å². The van der Waals surface area contributed by atoms with Gasteiger partial charge in [0.1, 0.15) is 0 Å². The second-order valence-electron chi connectivity index (χ2n) is 4.46. The van der Waals surface area contributed by atoms with Gasteiger partial charge in [0.2, 0.25) is 0 Å². The molecule has 0 bridgehead atoms. The lowest BCUT2D eigenvalue weighted by molar-refractivity contribution is 0.911. The van der Waals surface area contributed by atoms with E-state index in [2.05, 4.69) is 0 Å². The highest BCUT2D eigenvalue weighted by molar-refractivity contribution is 5.90. The van der Waals surface area contributed by atoms with E-state index in [4.69, 9.17) is 0 Å². The summed E-state index contributed by atoms with van der Waals surface area (Å²) in [6.07, 6.45) is 3.39. The SMILES string of the molecule is Cn1cc2c(=O)c3ccccc3n(C)c(=O)c2c1. The molecule has 0 fully saturated rings. The van der Waals surface area contributed by atoms with E-state index in [1.165, 1.54) is 4.57 Å². The zero-order valence-electron chi connectivity index (χ0n) is 10.2. The number of rotatable bonds is 0. The minimum atomic E-state index is -0.149. The van der Waals surface area contributed by atoms with Gasteiger partial charge in [-0.25, -0.2) is 0 Å². The monoisotopic (exact) mass is 240 g/mol. The molecule has 0 atom stereocenters. The Morgan fingerprint density at radius 3 is 2.33 bits per heavy atom. The summed E-state index contributed by atoms with van der Waals surface area (Å²) >= 11 is 0. The molecule has 3 aromatic rings. The highest BCUT2D eigenvalue weighted by Crippen LogP contribution is 2.11. The van der Waals surface area contributed by atoms with Crippen molar-refractivity contribution in [1.29, 1.82) is 0 Å². The van der Waals surface area contributed by atoms with E-state index in [1.807, 2.05) is 12.1 Å². The summed E-state index contributed by atoms with van der Waals surface area (Å²) in [7, 11) is 3.50. The van der Waals surface area contributed by atoms with E-state index in [-0.39, 0.29) is 11.0 Å². The molecule has 18 heavy (non-hydrogen) atoms. The van der Waals surface area contributed by atoms with Crippen LogP contribution in [0.2, 0.25) is 0 Å². The standard InChI is InChI=1S/C14H12N2O2/c1-15-7-10-11(8-15)14(18)16(2)12-6-4-3-5-9(12)13(10)17/h3-8H,1-2H3. The van der Waals surface area contributed by atoms with Gasteiger partial charge in [0.05, 0.1) is 16.3 Å². The van der Waals surface area contributed by atoms with Crippen LogP contribution in [0.15, 0.2) is 46.2 Å². The molecule has 90 valence electrons. The Kier molecular flexibility index (Phi) is 2.13. The van der Waals surface area contributed by atoms with Crippen LogP contribution < -0.4 is 11.0 Å². The van der Waals surface area contributed by atoms with Gasteiger partial charge in [0.25, 0.3) is 5.56 Å². The van der Waals surface area contributed by atoms with Gasteiger partial charge in [-0.3, -0.25) is 9.59 Å². The molecule has 0 saturated carbocycles. The van der Waals surface area contributed by atoms with E-state index >= 15 is 0 Å². The van der Waals surface area contributed by atoms with Crippen molar-refractivity contribution in [2.24, 2.45) is 14.1 Å². The summed E-state index contributed by atoms with van der Waals surface area (Å²) in [6, 6.07) is 7.18. The molecule has 3 rings (SSSR count). The van der Waals surface area contributed by atoms with Gasteiger partial charge in [-0.05, 0) is 12.1 Å². The number of benzene rings is 1. The number of nitrogens with zero attached hydrogens (tertiary/aromatic N) is 2. The fourth-order valence-corrected chi connectivity index (χ4v) is 2.33. The number of aromatic nitrogens is 2. The van der Waals surface area contributed by atoms with Gasteiger partial charge in [0.15, 0.2) is 5.43 Å². The van der Waals surface area contributed by atoms with Gasteiger partial charge in [0, 0.05) is 31.9 Å². The minimum Gasteiger partial charge on any atom is -0.356 e. The molecule has 2 aromatic heterocycles. The lowest BCUT2D eigenvalue weighted by Gasteiger charge is -1.97. The molecule has 4 nitrogen and oxygen atoms in total. The van der Waals surface area contributed by atoms with Crippen molar-refractivity contribution in [2.75, 3.05) is 0 Å². The molecule has 0 N–H and O–H groups in total. The Labute approximate surface area is 103 Å². The summed E-state index contributed by atoms with van der Waals surface area (Å²) in [5.74, 6) is 0. The van der Waals surface area contributed by atoms with Gasteiger partial charge < -0.3 is 9.13 Å². The van der Waals surface area contributed by atoms with Crippen molar-refractivity contribution in [3.8, 4) is 0 Å². The van der Waals surface area contributed by atoms with Crippen molar-refractivity contribution < 1.29 is 0 Å². The maximum Gasteiger partial charge on any atom is 0.260 e. The van der Waals surface area contributed by atoms with E-state index in [0.29, 0.717) is 21.7 Å². The molecule has 0 saturated heterocycles. The highest BCUT2D eigenvalue weighted by Gasteiger charge is 2.09. The first-order chi connectivity index (χ1) is 8.59. The molecule has 4 heteroatoms. The Morgan fingerprint density at radius 2 is 1.56 bits per heavy atom. The normalized spacial score (nSPS) is 11.2. The molecule has 0 radical (unpaired) electrons. The van der Waals surface area contributed by atoms with Gasteiger partial charge in [-0.2, -0.15) is 0 Å². The maximum atomic E-state index is 12.4. The van der Waals surface area contributed by atoms with E-state index in [0.717, 1.165) is 0 Å². The largest absolute Gasteiger partial charge is 0.356 e. The number of fused-ring (bicyclic) bond motifs is 2. The average Bonchev–Trinajstić information content (AvgIpc) is 2.75. The minimum absolute atomic E-state index is 0.0982. The predicted molar refractivity (Wildman–Crippen MR) is 71.9 cm³/mol. The zero-order chi connectivity index (χ0) is 12.9. The Hall–Kier alpha value is -2.36. The van der Waals surface area contributed by atoms with Gasteiger partial charge in [-0.15, -0.1) is 0 Å². The first-order valence-electron chi connectivity index (χ1n) is 5.67. The van der Waals surface area contributed by atoms with Crippen LogP contribution in [0.5, 0.6) is 0 Å². The molecule has 0 unspecified atom stereocenters. The topological polar surface area (TPSA) is 44.0 Å². The Bertz CT molecular complexity index is 888. The van der Waals surface area contributed by atoms with Crippen LogP contribution in [0.25, 0.3) is 21.7 Å². The third kappa shape index (κ3) is 1.32. The van der Waals surface area contributed by atoms with Gasteiger partial charge in [-0.1, -0.05) is 12.1 Å². The third-order valence-corrected chi connectivity index (χ3v) is 3.25. The lowest BCUT2D eigenvalue weighted by Crippen LogP contribution is -2.13. The smallest absolute Gasteiger partial charge is 0.260 e. The molecule has 0 spiro atoms. The fraction of sp³-hybridized carbons (Fsp3) is 0.143. The molecule has 1 aromatic carbocycles. The van der Waals surface area contributed by atoms with Gasteiger partial charge >= 0.3 is 0 Å². The van der Waals surface area contributed by atoms with Crippen LogP contribution in [0, 0.1) is 0 Å². The summed E-state index contributed by atoms with van der Waals surface area (Å²) < 4.78 is 3.27. The van der Waals surface area contributed by atoms with E-state index in [9.17, 15) is 9.59 Å². The first-order valence-corrected chi connectivity index (χ1v) is 5.67. The summed E-state index contributed by atoms with van der Waals surface area (Å²) in [5, 5.41) is 1.50. The number of aryl methyl sites for hydroxylation is 2.